The number of aromatic nitrogens is 1. The molecule has 3 rings (SSSR count). The lowest BCUT2D eigenvalue weighted by atomic mass is 10.0. The van der Waals surface area contributed by atoms with Crippen LogP contribution in [0.4, 0.5) is 0 Å². The lowest BCUT2D eigenvalue weighted by Gasteiger charge is -2.31. The molecule has 1 aromatic carbocycles. The molecular formula is C19H25N3O2S. The summed E-state index contributed by atoms with van der Waals surface area (Å²) >= 11 is 1.87. The minimum atomic E-state index is -0.516. The van der Waals surface area contributed by atoms with Crippen molar-refractivity contribution in [2.75, 3.05) is 24.6 Å². The van der Waals surface area contributed by atoms with Crippen molar-refractivity contribution in [3.05, 3.63) is 36.0 Å². The van der Waals surface area contributed by atoms with Crippen molar-refractivity contribution < 1.29 is 9.59 Å². The molecule has 1 unspecified atom stereocenters. The van der Waals surface area contributed by atoms with E-state index in [0.717, 1.165) is 41.1 Å². The Labute approximate surface area is 152 Å². The fraction of sp³-hybridized carbons (Fsp3) is 0.474. The molecule has 0 radical (unpaired) electrons. The van der Waals surface area contributed by atoms with E-state index < -0.39 is 6.04 Å². The van der Waals surface area contributed by atoms with Crippen molar-refractivity contribution in [1.29, 1.82) is 0 Å². The molecule has 25 heavy (non-hydrogen) atoms. The molecule has 2 amide bonds. The van der Waals surface area contributed by atoms with Gasteiger partial charge in [-0.3, -0.25) is 9.59 Å². The number of carbonyl (C=O) groups excluding carboxylic acids is 2. The quantitative estimate of drug-likeness (QED) is 0.862. The zero-order valence-electron chi connectivity index (χ0n) is 14.7. The van der Waals surface area contributed by atoms with Crippen LogP contribution in [0.25, 0.3) is 10.9 Å². The zero-order valence-corrected chi connectivity index (χ0v) is 15.6. The summed E-state index contributed by atoms with van der Waals surface area (Å²) in [5.74, 6) is 1.73. The van der Waals surface area contributed by atoms with Gasteiger partial charge in [0.15, 0.2) is 0 Å². The first-order valence-electron chi connectivity index (χ1n) is 8.78. The Balaban J connectivity index is 1.82. The maximum absolute atomic E-state index is 13.0. The van der Waals surface area contributed by atoms with Crippen LogP contribution in [0.5, 0.6) is 0 Å². The number of benzene rings is 1. The number of carbonyl (C=O) groups is 2. The highest BCUT2D eigenvalue weighted by Crippen LogP contribution is 2.20. The number of fused-ring (bicyclic) bond motifs is 1. The Morgan fingerprint density at radius 3 is 2.68 bits per heavy atom. The molecule has 134 valence electrons. The number of nitrogens with one attached hydrogen (secondary N) is 2. The second-order valence-electron chi connectivity index (χ2n) is 6.72. The highest BCUT2D eigenvalue weighted by molar-refractivity contribution is 7.99. The van der Waals surface area contributed by atoms with E-state index in [0.29, 0.717) is 6.42 Å². The van der Waals surface area contributed by atoms with E-state index in [9.17, 15) is 9.59 Å². The van der Waals surface area contributed by atoms with E-state index in [1.807, 2.05) is 61.0 Å². The second-order valence-corrected chi connectivity index (χ2v) is 7.94. The van der Waals surface area contributed by atoms with Crippen LogP contribution in [-0.4, -0.2) is 52.3 Å². The molecule has 0 spiro atoms. The van der Waals surface area contributed by atoms with E-state index in [4.69, 9.17) is 0 Å². The van der Waals surface area contributed by atoms with Gasteiger partial charge in [-0.15, -0.1) is 0 Å². The standard InChI is InChI=1S/C19H25N3O2S/c1-13(2)18(23)21-17(19(24)22-7-9-25-10-8-22)11-14-12-20-16-6-4-3-5-15(14)16/h3-6,12-13,17,20H,7-11H2,1-2H3,(H,21,23). The highest BCUT2D eigenvalue weighted by Gasteiger charge is 2.28. The van der Waals surface area contributed by atoms with Crippen LogP contribution in [0.15, 0.2) is 30.5 Å². The van der Waals surface area contributed by atoms with Gasteiger partial charge in [0.1, 0.15) is 6.04 Å². The molecule has 0 saturated carbocycles. The van der Waals surface area contributed by atoms with E-state index in [-0.39, 0.29) is 17.7 Å². The number of rotatable bonds is 5. The summed E-state index contributed by atoms with van der Waals surface area (Å²) in [6, 6.07) is 7.52. The van der Waals surface area contributed by atoms with Crippen LogP contribution in [0.3, 0.4) is 0 Å². The van der Waals surface area contributed by atoms with Crippen LogP contribution >= 0.6 is 11.8 Å². The van der Waals surface area contributed by atoms with Gasteiger partial charge >= 0.3 is 0 Å². The number of hydrogen-bond donors (Lipinski definition) is 2. The molecule has 0 aliphatic carbocycles. The van der Waals surface area contributed by atoms with E-state index in [1.54, 1.807) is 0 Å². The van der Waals surface area contributed by atoms with Gasteiger partial charge in [0.25, 0.3) is 0 Å². The molecule has 1 aliphatic rings. The monoisotopic (exact) mass is 359 g/mol. The summed E-state index contributed by atoms with van der Waals surface area (Å²) in [6.45, 7) is 5.21. The molecule has 2 N–H and O–H groups in total. The van der Waals surface area contributed by atoms with Gasteiger partial charge in [0.05, 0.1) is 0 Å². The van der Waals surface area contributed by atoms with Crippen LogP contribution in [0, 0.1) is 5.92 Å². The Morgan fingerprint density at radius 1 is 1.24 bits per heavy atom. The lowest BCUT2D eigenvalue weighted by molar-refractivity contribution is -0.136. The van der Waals surface area contributed by atoms with Crippen LogP contribution in [0.1, 0.15) is 19.4 Å². The third-order valence-corrected chi connectivity index (χ3v) is 5.50. The average Bonchev–Trinajstić information content (AvgIpc) is 3.04. The first-order chi connectivity index (χ1) is 12.1. The molecule has 6 heteroatoms. The predicted molar refractivity (Wildman–Crippen MR) is 103 cm³/mol. The smallest absolute Gasteiger partial charge is 0.245 e. The van der Waals surface area contributed by atoms with Gasteiger partial charge in [0.2, 0.25) is 11.8 Å². The molecule has 1 fully saturated rings. The van der Waals surface area contributed by atoms with Crippen LogP contribution in [0.2, 0.25) is 0 Å². The maximum Gasteiger partial charge on any atom is 0.245 e. The number of aromatic amines is 1. The number of nitrogens with zero attached hydrogens (tertiary/aromatic N) is 1. The number of thioether (sulfide) groups is 1. The second kappa shape index (κ2) is 7.95. The maximum atomic E-state index is 13.0. The van der Waals surface area contributed by atoms with Crippen molar-refractivity contribution in [2.24, 2.45) is 5.92 Å². The molecule has 0 bridgehead atoms. The fourth-order valence-electron chi connectivity index (χ4n) is 3.06. The summed E-state index contributed by atoms with van der Waals surface area (Å²) in [4.78, 5) is 30.4. The normalized spacial score (nSPS) is 16.2. The number of para-hydroxylation sites is 1. The molecule has 1 aliphatic heterocycles. The molecule has 1 saturated heterocycles. The minimum absolute atomic E-state index is 0.0274. The minimum Gasteiger partial charge on any atom is -0.361 e. The summed E-state index contributed by atoms with van der Waals surface area (Å²) in [5, 5.41) is 4.07. The Bertz CT molecular complexity index is 750. The number of hydrogen-bond acceptors (Lipinski definition) is 3. The van der Waals surface area contributed by atoms with Gasteiger partial charge < -0.3 is 15.2 Å². The fourth-order valence-corrected chi connectivity index (χ4v) is 3.97. The molecule has 1 aromatic heterocycles. The average molecular weight is 359 g/mol. The van der Waals surface area contributed by atoms with Gasteiger partial charge in [-0.2, -0.15) is 11.8 Å². The van der Waals surface area contributed by atoms with Crippen LogP contribution < -0.4 is 5.32 Å². The molecule has 5 nitrogen and oxygen atoms in total. The molecule has 1 atom stereocenters. The largest absolute Gasteiger partial charge is 0.361 e. The lowest BCUT2D eigenvalue weighted by Crippen LogP contribution is -2.52. The van der Waals surface area contributed by atoms with Crippen molar-refractivity contribution in [3.8, 4) is 0 Å². The molecular weight excluding hydrogens is 334 g/mol. The Morgan fingerprint density at radius 2 is 1.96 bits per heavy atom. The summed E-state index contributed by atoms with van der Waals surface area (Å²) < 4.78 is 0. The first kappa shape index (κ1) is 17.9. The first-order valence-corrected chi connectivity index (χ1v) is 9.93. The summed E-state index contributed by atoms with van der Waals surface area (Å²) in [7, 11) is 0. The third-order valence-electron chi connectivity index (χ3n) is 4.56. The van der Waals surface area contributed by atoms with Crippen molar-refractivity contribution in [2.45, 2.75) is 26.3 Å². The summed E-state index contributed by atoms with van der Waals surface area (Å²) in [5.41, 5.74) is 2.11. The highest BCUT2D eigenvalue weighted by atomic mass is 32.2. The Kier molecular flexibility index (Phi) is 5.68. The SMILES string of the molecule is CC(C)C(=O)NC(Cc1c[nH]c2ccccc12)C(=O)N1CCSCC1. The third kappa shape index (κ3) is 4.18. The van der Waals surface area contributed by atoms with E-state index in [2.05, 4.69) is 10.3 Å². The topological polar surface area (TPSA) is 65.2 Å². The van der Waals surface area contributed by atoms with E-state index >= 15 is 0 Å². The van der Waals surface area contributed by atoms with E-state index in [1.165, 1.54) is 0 Å². The van der Waals surface area contributed by atoms with Crippen LogP contribution in [-0.2, 0) is 16.0 Å². The van der Waals surface area contributed by atoms with Gasteiger partial charge in [0, 0.05) is 54.0 Å². The Hall–Kier alpha value is -1.95. The predicted octanol–water partition coefficient (Wildman–Crippen LogP) is 2.43. The van der Waals surface area contributed by atoms with Crippen molar-refractivity contribution in [3.63, 3.8) is 0 Å². The number of amides is 2. The van der Waals surface area contributed by atoms with Crippen molar-refractivity contribution in [1.82, 2.24) is 15.2 Å². The van der Waals surface area contributed by atoms with Gasteiger partial charge in [-0.1, -0.05) is 32.0 Å². The molecule has 2 heterocycles. The number of H-pyrrole nitrogens is 1. The zero-order chi connectivity index (χ0) is 17.8. The van der Waals surface area contributed by atoms with Crippen molar-refractivity contribution >= 4 is 34.5 Å². The summed E-state index contributed by atoms with van der Waals surface area (Å²) in [6.07, 6.45) is 2.45. The van der Waals surface area contributed by atoms with Gasteiger partial charge in [-0.05, 0) is 11.6 Å². The van der Waals surface area contributed by atoms with Gasteiger partial charge in [-0.25, -0.2) is 0 Å². The molecule has 2 aromatic rings.